The zero-order valence-electron chi connectivity index (χ0n) is 9.40. The van der Waals surface area contributed by atoms with Crippen LogP contribution in [0, 0.1) is 11.6 Å². The van der Waals surface area contributed by atoms with Crippen molar-refractivity contribution >= 4 is 0 Å². The molecule has 1 aromatic rings. The van der Waals surface area contributed by atoms with Gasteiger partial charge in [-0.15, -0.1) is 0 Å². The SMILES string of the molecule is CNCCc1cc(C(C)C)c(F)cc1F. The Morgan fingerprint density at radius 3 is 2.40 bits per heavy atom. The van der Waals surface area contributed by atoms with Crippen molar-refractivity contribution in [3.63, 3.8) is 0 Å². The molecular formula is C12H17F2N. The van der Waals surface area contributed by atoms with Gasteiger partial charge in [-0.2, -0.15) is 0 Å². The fourth-order valence-electron chi connectivity index (χ4n) is 1.51. The molecular weight excluding hydrogens is 196 g/mol. The normalized spacial score (nSPS) is 11.1. The summed E-state index contributed by atoms with van der Waals surface area (Å²) < 4.78 is 26.7. The van der Waals surface area contributed by atoms with Crippen LogP contribution >= 0.6 is 0 Å². The molecule has 0 aliphatic rings. The highest BCUT2D eigenvalue weighted by Crippen LogP contribution is 2.22. The van der Waals surface area contributed by atoms with Gasteiger partial charge >= 0.3 is 0 Å². The van der Waals surface area contributed by atoms with Crippen LogP contribution < -0.4 is 5.32 Å². The van der Waals surface area contributed by atoms with Crippen molar-refractivity contribution in [2.45, 2.75) is 26.2 Å². The molecule has 1 aromatic carbocycles. The highest BCUT2D eigenvalue weighted by molar-refractivity contribution is 5.29. The zero-order chi connectivity index (χ0) is 11.4. The second-order valence-electron chi connectivity index (χ2n) is 3.97. The van der Waals surface area contributed by atoms with Gasteiger partial charge in [0.05, 0.1) is 0 Å². The molecule has 0 atom stereocenters. The molecule has 84 valence electrons. The standard InChI is InChI=1S/C12H17F2N/c1-8(2)10-6-9(4-5-15-3)11(13)7-12(10)14/h6-8,15H,4-5H2,1-3H3. The van der Waals surface area contributed by atoms with Gasteiger partial charge in [-0.05, 0) is 43.1 Å². The lowest BCUT2D eigenvalue weighted by molar-refractivity contribution is 0.554. The first kappa shape index (κ1) is 12.1. The Morgan fingerprint density at radius 2 is 1.87 bits per heavy atom. The second kappa shape index (κ2) is 5.21. The molecule has 0 radical (unpaired) electrons. The lowest BCUT2D eigenvalue weighted by atomic mass is 9.98. The fraction of sp³-hybridized carbons (Fsp3) is 0.500. The molecule has 15 heavy (non-hydrogen) atoms. The zero-order valence-corrected chi connectivity index (χ0v) is 9.40. The predicted molar refractivity (Wildman–Crippen MR) is 58.1 cm³/mol. The smallest absolute Gasteiger partial charge is 0.129 e. The van der Waals surface area contributed by atoms with E-state index < -0.39 is 11.6 Å². The number of benzene rings is 1. The summed E-state index contributed by atoms with van der Waals surface area (Å²) in [6.07, 6.45) is 0.586. The number of hydrogen-bond donors (Lipinski definition) is 1. The first-order valence-electron chi connectivity index (χ1n) is 5.18. The maximum absolute atomic E-state index is 13.3. The molecule has 0 fully saturated rings. The summed E-state index contributed by atoms with van der Waals surface area (Å²) in [4.78, 5) is 0. The van der Waals surface area contributed by atoms with Crippen LogP contribution in [0.5, 0.6) is 0 Å². The molecule has 0 aliphatic heterocycles. The summed E-state index contributed by atoms with van der Waals surface area (Å²) in [6.45, 7) is 4.50. The third-order valence-electron chi connectivity index (χ3n) is 2.43. The number of nitrogens with one attached hydrogen (secondary N) is 1. The Morgan fingerprint density at radius 1 is 1.20 bits per heavy atom. The average Bonchev–Trinajstić information content (AvgIpc) is 2.16. The van der Waals surface area contributed by atoms with E-state index in [-0.39, 0.29) is 5.92 Å². The number of halogens is 2. The maximum Gasteiger partial charge on any atom is 0.129 e. The predicted octanol–water partition coefficient (Wildman–Crippen LogP) is 2.85. The molecule has 1 rings (SSSR count). The van der Waals surface area contributed by atoms with Gasteiger partial charge in [0.1, 0.15) is 11.6 Å². The largest absolute Gasteiger partial charge is 0.319 e. The Kier molecular flexibility index (Phi) is 4.21. The maximum atomic E-state index is 13.3. The monoisotopic (exact) mass is 213 g/mol. The van der Waals surface area contributed by atoms with Crippen LogP contribution in [-0.4, -0.2) is 13.6 Å². The number of rotatable bonds is 4. The van der Waals surface area contributed by atoms with Crippen LogP contribution in [0.3, 0.4) is 0 Å². The highest BCUT2D eigenvalue weighted by Gasteiger charge is 2.11. The van der Waals surface area contributed by atoms with Crippen molar-refractivity contribution < 1.29 is 8.78 Å². The summed E-state index contributed by atoms with van der Waals surface area (Å²) >= 11 is 0. The van der Waals surface area contributed by atoms with E-state index in [0.29, 0.717) is 24.1 Å². The van der Waals surface area contributed by atoms with Gasteiger partial charge in [-0.1, -0.05) is 13.8 Å². The van der Waals surface area contributed by atoms with Crippen LogP contribution in [0.25, 0.3) is 0 Å². The Labute approximate surface area is 89.5 Å². The van der Waals surface area contributed by atoms with Crippen molar-refractivity contribution in [2.24, 2.45) is 0 Å². The Bertz CT molecular complexity index is 335. The minimum absolute atomic E-state index is 0.0823. The van der Waals surface area contributed by atoms with E-state index in [1.54, 1.807) is 6.07 Å². The average molecular weight is 213 g/mol. The van der Waals surface area contributed by atoms with Gasteiger partial charge < -0.3 is 5.32 Å². The van der Waals surface area contributed by atoms with Crippen molar-refractivity contribution in [2.75, 3.05) is 13.6 Å². The van der Waals surface area contributed by atoms with Crippen LogP contribution in [0.2, 0.25) is 0 Å². The Hall–Kier alpha value is -0.960. The highest BCUT2D eigenvalue weighted by atomic mass is 19.1. The minimum Gasteiger partial charge on any atom is -0.319 e. The van der Waals surface area contributed by atoms with E-state index >= 15 is 0 Å². The quantitative estimate of drug-likeness (QED) is 0.811. The minimum atomic E-state index is -0.452. The lowest BCUT2D eigenvalue weighted by Gasteiger charge is -2.10. The number of hydrogen-bond acceptors (Lipinski definition) is 1. The third kappa shape index (κ3) is 2.99. The van der Waals surface area contributed by atoms with Gasteiger partial charge in [0.2, 0.25) is 0 Å². The van der Waals surface area contributed by atoms with Crippen molar-refractivity contribution in [3.05, 3.63) is 34.9 Å². The fourth-order valence-corrected chi connectivity index (χ4v) is 1.51. The molecule has 0 saturated heterocycles. The summed E-state index contributed by atoms with van der Waals surface area (Å²) in [6, 6.07) is 2.62. The summed E-state index contributed by atoms with van der Waals surface area (Å²) in [5.41, 5.74) is 1.16. The van der Waals surface area contributed by atoms with Gasteiger partial charge in [0.15, 0.2) is 0 Å². The van der Waals surface area contributed by atoms with E-state index in [2.05, 4.69) is 5.32 Å². The summed E-state index contributed by atoms with van der Waals surface area (Å²) in [7, 11) is 1.81. The molecule has 0 amide bonds. The molecule has 0 unspecified atom stereocenters. The second-order valence-corrected chi connectivity index (χ2v) is 3.97. The van der Waals surface area contributed by atoms with Crippen LogP contribution in [-0.2, 0) is 6.42 Å². The molecule has 3 heteroatoms. The molecule has 0 spiro atoms. The first-order valence-corrected chi connectivity index (χ1v) is 5.18. The van der Waals surface area contributed by atoms with Crippen molar-refractivity contribution in [3.8, 4) is 0 Å². The topological polar surface area (TPSA) is 12.0 Å². The molecule has 0 aromatic heterocycles. The van der Waals surface area contributed by atoms with E-state index in [4.69, 9.17) is 0 Å². The molecule has 0 heterocycles. The first-order chi connectivity index (χ1) is 7.06. The number of likely N-dealkylation sites (N-methyl/N-ethyl adjacent to an activating group) is 1. The van der Waals surface area contributed by atoms with Gasteiger partial charge in [-0.25, -0.2) is 8.78 Å². The van der Waals surface area contributed by atoms with Gasteiger partial charge in [0.25, 0.3) is 0 Å². The van der Waals surface area contributed by atoms with E-state index in [9.17, 15) is 8.78 Å². The molecule has 1 N–H and O–H groups in total. The van der Waals surface area contributed by atoms with E-state index in [1.807, 2.05) is 20.9 Å². The lowest BCUT2D eigenvalue weighted by Crippen LogP contribution is -2.12. The Balaban J connectivity index is 3.00. The van der Waals surface area contributed by atoms with Crippen molar-refractivity contribution in [1.82, 2.24) is 5.32 Å². The van der Waals surface area contributed by atoms with Crippen LogP contribution in [0.4, 0.5) is 8.78 Å². The van der Waals surface area contributed by atoms with E-state index in [0.717, 1.165) is 6.07 Å². The molecule has 1 nitrogen and oxygen atoms in total. The van der Waals surface area contributed by atoms with Gasteiger partial charge in [-0.3, -0.25) is 0 Å². The van der Waals surface area contributed by atoms with Crippen LogP contribution in [0.15, 0.2) is 12.1 Å². The van der Waals surface area contributed by atoms with Crippen LogP contribution in [0.1, 0.15) is 30.9 Å². The molecule has 0 aliphatic carbocycles. The summed E-state index contributed by atoms with van der Waals surface area (Å²) in [5.74, 6) is -0.818. The summed E-state index contributed by atoms with van der Waals surface area (Å²) in [5, 5.41) is 2.95. The van der Waals surface area contributed by atoms with Gasteiger partial charge in [0, 0.05) is 6.07 Å². The molecule has 0 bridgehead atoms. The third-order valence-corrected chi connectivity index (χ3v) is 2.43. The molecule has 0 saturated carbocycles. The van der Waals surface area contributed by atoms with E-state index in [1.165, 1.54) is 0 Å². The van der Waals surface area contributed by atoms with Crippen molar-refractivity contribution in [1.29, 1.82) is 0 Å².